The second-order valence-electron chi connectivity index (χ2n) is 3.94. The van der Waals surface area contributed by atoms with E-state index >= 15 is 0 Å². The lowest BCUT2D eigenvalue weighted by molar-refractivity contribution is 0.792. The molecule has 0 aromatic heterocycles. The number of nitrogens with one attached hydrogen (secondary N) is 2. The van der Waals surface area contributed by atoms with E-state index in [0.29, 0.717) is 28.4 Å². The number of nitriles is 1. The molecule has 92 valence electrons. The van der Waals surface area contributed by atoms with Crippen LogP contribution in [0, 0.1) is 16.7 Å². The average Bonchev–Trinajstić information content (AvgIpc) is 2.34. The molecule has 0 bridgehead atoms. The molecule has 4 nitrogen and oxygen atoms in total. The van der Waals surface area contributed by atoms with Crippen molar-refractivity contribution in [1.82, 2.24) is 5.32 Å². The van der Waals surface area contributed by atoms with Crippen molar-refractivity contribution in [3.63, 3.8) is 0 Å². The molecule has 0 radical (unpaired) electrons. The minimum Gasteiger partial charge on any atom is -0.390 e. The first-order chi connectivity index (χ1) is 8.54. The maximum atomic E-state index is 8.75. The van der Waals surface area contributed by atoms with Crippen molar-refractivity contribution >= 4 is 25.2 Å². The zero-order valence-electron chi connectivity index (χ0n) is 10.1. The molecule has 4 N–H and O–H groups in total. The Morgan fingerprint density at radius 3 is 2.94 bits per heavy atom. The van der Waals surface area contributed by atoms with Crippen LogP contribution >= 0.6 is 11.6 Å². The molecule has 0 saturated carbocycles. The number of nitrogens with two attached hydrogens (primary N) is 1. The third kappa shape index (κ3) is 4.25. The maximum Gasteiger partial charge on any atom is 0.125 e. The number of hydrogen-bond donors (Lipinski definition) is 3. The predicted octanol–water partition coefficient (Wildman–Crippen LogP) is 0.601. The summed E-state index contributed by atoms with van der Waals surface area (Å²) < 4.78 is 0. The first-order valence-corrected chi connectivity index (χ1v) is 5.86. The molecule has 0 amide bonds. The molecule has 1 atom stereocenters. The summed E-state index contributed by atoms with van der Waals surface area (Å²) in [6.07, 6.45) is 3.30. The summed E-state index contributed by atoms with van der Waals surface area (Å²) in [5, 5.41) is 19.9. The summed E-state index contributed by atoms with van der Waals surface area (Å²) in [6.45, 7) is 0.651. The van der Waals surface area contributed by atoms with Crippen molar-refractivity contribution in [2.24, 2.45) is 5.73 Å². The molecular weight excluding hydrogens is 246 g/mol. The van der Waals surface area contributed by atoms with E-state index in [-0.39, 0.29) is 5.94 Å². The molecule has 1 aromatic carbocycles. The number of benzene rings is 1. The van der Waals surface area contributed by atoms with Crippen LogP contribution in [-0.4, -0.2) is 26.0 Å². The van der Waals surface area contributed by atoms with Crippen LogP contribution in [-0.2, 0) is 0 Å². The van der Waals surface area contributed by atoms with Gasteiger partial charge in [-0.05, 0) is 30.3 Å². The van der Waals surface area contributed by atoms with Gasteiger partial charge in [0, 0.05) is 12.1 Å². The second-order valence-corrected chi connectivity index (χ2v) is 4.35. The monoisotopic (exact) mass is 260 g/mol. The van der Waals surface area contributed by atoms with Gasteiger partial charge < -0.3 is 16.5 Å². The van der Waals surface area contributed by atoms with Crippen LogP contribution in [0.5, 0.6) is 0 Å². The number of hydrogen-bond acceptors (Lipinski definition) is 4. The van der Waals surface area contributed by atoms with Gasteiger partial charge in [0.25, 0.3) is 0 Å². The standard InChI is InChI=1S/C12H14BClN4/c13-12(17)7-18-4-3-11(16)8-1-2-9(6-15)10(14)5-8/h1-5,12,16,18H,7,13,17H2/b4-3-,16-11?. The van der Waals surface area contributed by atoms with E-state index in [1.807, 2.05) is 13.9 Å². The minimum atomic E-state index is 0.0631. The molecule has 0 aliphatic rings. The van der Waals surface area contributed by atoms with E-state index in [9.17, 15) is 0 Å². The molecule has 1 unspecified atom stereocenters. The highest BCUT2D eigenvalue weighted by molar-refractivity contribution is 6.32. The van der Waals surface area contributed by atoms with Crippen LogP contribution < -0.4 is 11.1 Å². The topological polar surface area (TPSA) is 85.7 Å². The summed E-state index contributed by atoms with van der Waals surface area (Å²) in [5.74, 6) is 0.0631. The molecule has 0 aliphatic heterocycles. The van der Waals surface area contributed by atoms with Crippen LogP contribution in [0.15, 0.2) is 30.5 Å². The third-order valence-electron chi connectivity index (χ3n) is 2.21. The quantitative estimate of drug-likeness (QED) is 0.535. The van der Waals surface area contributed by atoms with Crippen molar-refractivity contribution in [3.05, 3.63) is 46.6 Å². The van der Waals surface area contributed by atoms with E-state index in [2.05, 4.69) is 5.32 Å². The Hall–Kier alpha value is -1.77. The Bertz CT molecular complexity index is 505. The number of nitrogens with zero attached hydrogens (tertiary/aromatic N) is 1. The third-order valence-corrected chi connectivity index (χ3v) is 2.52. The van der Waals surface area contributed by atoms with Gasteiger partial charge in [-0.3, -0.25) is 0 Å². The molecule has 18 heavy (non-hydrogen) atoms. The van der Waals surface area contributed by atoms with Gasteiger partial charge in [0.15, 0.2) is 0 Å². The smallest absolute Gasteiger partial charge is 0.125 e. The first kappa shape index (κ1) is 14.3. The summed E-state index contributed by atoms with van der Waals surface area (Å²) >= 11 is 5.90. The van der Waals surface area contributed by atoms with Crippen molar-refractivity contribution in [2.75, 3.05) is 6.54 Å². The van der Waals surface area contributed by atoms with Gasteiger partial charge in [-0.1, -0.05) is 17.7 Å². The van der Waals surface area contributed by atoms with Crippen LogP contribution in [0.3, 0.4) is 0 Å². The summed E-state index contributed by atoms with van der Waals surface area (Å²) in [5.41, 5.74) is 6.97. The summed E-state index contributed by atoms with van der Waals surface area (Å²) in [4.78, 5) is 0. The van der Waals surface area contributed by atoms with Gasteiger partial charge in [-0.15, -0.1) is 0 Å². The van der Waals surface area contributed by atoms with Crippen LogP contribution in [0.4, 0.5) is 0 Å². The van der Waals surface area contributed by atoms with Gasteiger partial charge in [-0.2, -0.15) is 5.26 Å². The van der Waals surface area contributed by atoms with E-state index in [0.717, 1.165) is 0 Å². The molecule has 0 saturated heterocycles. The number of allylic oxidation sites excluding steroid dienone is 1. The molecule has 0 heterocycles. The normalized spacial score (nSPS) is 12.1. The molecule has 0 spiro atoms. The highest BCUT2D eigenvalue weighted by Gasteiger charge is 2.03. The minimum absolute atomic E-state index is 0.0631. The van der Waals surface area contributed by atoms with Gasteiger partial charge in [0.2, 0.25) is 0 Å². The maximum absolute atomic E-state index is 8.75. The van der Waals surface area contributed by atoms with Crippen molar-refractivity contribution in [3.8, 4) is 6.07 Å². The molecule has 1 aromatic rings. The molecule has 0 fully saturated rings. The van der Waals surface area contributed by atoms with Gasteiger partial charge >= 0.3 is 0 Å². The fraction of sp³-hybridized carbons (Fsp3) is 0.167. The van der Waals surface area contributed by atoms with Gasteiger partial charge in [0.05, 0.1) is 16.3 Å². The summed E-state index contributed by atoms with van der Waals surface area (Å²) in [7, 11) is 1.90. The lowest BCUT2D eigenvalue weighted by atomic mass is 9.98. The Balaban J connectivity index is 2.68. The van der Waals surface area contributed by atoms with Crippen LogP contribution in [0.2, 0.25) is 5.02 Å². The lowest BCUT2D eigenvalue weighted by Gasteiger charge is -2.04. The van der Waals surface area contributed by atoms with E-state index in [4.69, 9.17) is 28.0 Å². The summed E-state index contributed by atoms with van der Waals surface area (Å²) in [6, 6.07) is 6.89. The number of rotatable bonds is 5. The average molecular weight is 261 g/mol. The first-order valence-electron chi connectivity index (χ1n) is 5.48. The fourth-order valence-electron chi connectivity index (χ4n) is 1.27. The van der Waals surface area contributed by atoms with Crippen LogP contribution in [0.25, 0.3) is 0 Å². The molecule has 6 heteroatoms. The predicted molar refractivity (Wildman–Crippen MR) is 76.7 cm³/mol. The van der Waals surface area contributed by atoms with Gasteiger partial charge in [-0.25, -0.2) is 0 Å². The zero-order chi connectivity index (χ0) is 13.5. The second kappa shape index (κ2) is 6.85. The Morgan fingerprint density at radius 2 is 2.39 bits per heavy atom. The Labute approximate surface area is 112 Å². The molecular formula is C12H14BClN4. The van der Waals surface area contributed by atoms with Crippen LogP contribution in [0.1, 0.15) is 11.1 Å². The van der Waals surface area contributed by atoms with Crippen molar-refractivity contribution in [2.45, 2.75) is 5.94 Å². The fourth-order valence-corrected chi connectivity index (χ4v) is 1.49. The van der Waals surface area contributed by atoms with E-state index in [1.165, 1.54) is 0 Å². The SMILES string of the molecule is BC(N)CN/C=C\C(=N)c1ccc(C#N)c(Cl)c1. The van der Waals surface area contributed by atoms with Gasteiger partial charge in [0.1, 0.15) is 13.9 Å². The molecule has 0 aliphatic carbocycles. The number of halogens is 1. The molecule has 1 rings (SSSR count). The Morgan fingerprint density at radius 1 is 1.67 bits per heavy atom. The Kier molecular flexibility index (Phi) is 5.44. The van der Waals surface area contributed by atoms with Crippen molar-refractivity contribution in [1.29, 1.82) is 10.7 Å². The zero-order valence-corrected chi connectivity index (χ0v) is 10.8. The largest absolute Gasteiger partial charge is 0.390 e. The lowest BCUT2D eigenvalue weighted by Crippen LogP contribution is -2.31. The van der Waals surface area contributed by atoms with Crippen molar-refractivity contribution < 1.29 is 0 Å². The van der Waals surface area contributed by atoms with E-state index < -0.39 is 0 Å². The highest BCUT2D eigenvalue weighted by atomic mass is 35.5. The van der Waals surface area contributed by atoms with E-state index in [1.54, 1.807) is 30.5 Å². The highest BCUT2D eigenvalue weighted by Crippen LogP contribution is 2.17.